The van der Waals surface area contributed by atoms with Crippen LogP contribution >= 0.6 is 0 Å². The van der Waals surface area contributed by atoms with Crippen LogP contribution < -0.4 is 13.8 Å². The molecule has 0 heterocycles. The number of rotatable bonds is 7. The molecule has 0 saturated carbocycles. The summed E-state index contributed by atoms with van der Waals surface area (Å²) >= 11 is 0. The maximum absolute atomic E-state index is 13.1. The van der Waals surface area contributed by atoms with Crippen molar-refractivity contribution in [2.24, 2.45) is 0 Å². The molecule has 180 valence electrons. The number of nitrogens with zero attached hydrogens (tertiary/aromatic N) is 2. The van der Waals surface area contributed by atoms with Crippen molar-refractivity contribution >= 4 is 21.7 Å². The molecule has 0 N–H and O–H groups in total. The molecule has 0 aliphatic heterocycles. The fraction of sp³-hybridized carbons (Fsp3) is 0.0714. The minimum atomic E-state index is -3.88. The number of esters is 1. The maximum Gasteiger partial charge on any atom is 0.343 e. The summed E-state index contributed by atoms with van der Waals surface area (Å²) in [5.74, 6) is 0.169. The zero-order valence-corrected chi connectivity index (χ0v) is 20.4. The molecule has 4 aromatic rings. The largest absolute Gasteiger partial charge is 0.495 e. The Morgan fingerprint density at radius 2 is 1.42 bits per heavy atom. The van der Waals surface area contributed by atoms with E-state index in [9.17, 15) is 13.2 Å². The number of ether oxygens (including phenoxy) is 2. The second kappa shape index (κ2) is 10.3. The van der Waals surface area contributed by atoms with Gasteiger partial charge in [0.25, 0.3) is 10.0 Å². The standard InChI is InChI=1S/C28H22N2O5S/c1-30(26-5-3-4-6-27(26)34-2)36(32,33)25-17-13-23(14-18-25)28(31)35-24-15-11-22(12-16-24)21-9-7-20(19-29)8-10-21/h3-18H,1-2H3. The Labute approximate surface area is 209 Å². The van der Waals surface area contributed by atoms with Crippen LogP contribution in [-0.2, 0) is 10.0 Å². The molecule has 36 heavy (non-hydrogen) atoms. The second-order valence-corrected chi connectivity index (χ2v) is 9.74. The van der Waals surface area contributed by atoms with Crippen molar-refractivity contribution in [3.8, 4) is 28.7 Å². The minimum Gasteiger partial charge on any atom is -0.495 e. The van der Waals surface area contributed by atoms with E-state index in [0.717, 1.165) is 15.4 Å². The SMILES string of the molecule is COc1ccccc1N(C)S(=O)(=O)c1ccc(C(=O)Oc2ccc(-c3ccc(C#N)cc3)cc2)cc1. The number of sulfonamides is 1. The number of anilines is 1. The average Bonchev–Trinajstić information content (AvgIpc) is 2.93. The first-order valence-electron chi connectivity index (χ1n) is 10.9. The van der Waals surface area contributed by atoms with Crippen molar-refractivity contribution in [2.45, 2.75) is 4.90 Å². The van der Waals surface area contributed by atoms with E-state index in [1.54, 1.807) is 48.5 Å². The van der Waals surface area contributed by atoms with E-state index < -0.39 is 16.0 Å². The molecule has 4 aromatic carbocycles. The van der Waals surface area contributed by atoms with Crippen molar-refractivity contribution in [1.82, 2.24) is 0 Å². The van der Waals surface area contributed by atoms with E-state index in [0.29, 0.717) is 22.7 Å². The summed E-state index contributed by atoms with van der Waals surface area (Å²) < 4.78 is 38.0. The van der Waals surface area contributed by atoms with Crippen LogP contribution in [0.3, 0.4) is 0 Å². The second-order valence-electron chi connectivity index (χ2n) is 7.77. The predicted molar refractivity (Wildman–Crippen MR) is 137 cm³/mol. The van der Waals surface area contributed by atoms with Gasteiger partial charge in [-0.3, -0.25) is 4.31 Å². The monoisotopic (exact) mass is 498 g/mol. The van der Waals surface area contributed by atoms with Crippen molar-refractivity contribution < 1.29 is 22.7 Å². The van der Waals surface area contributed by atoms with Gasteiger partial charge in [-0.2, -0.15) is 5.26 Å². The number of carbonyl (C=O) groups excluding carboxylic acids is 1. The average molecular weight is 499 g/mol. The van der Waals surface area contributed by atoms with Crippen molar-refractivity contribution in [3.63, 3.8) is 0 Å². The van der Waals surface area contributed by atoms with Crippen LogP contribution in [0.1, 0.15) is 15.9 Å². The van der Waals surface area contributed by atoms with Crippen LogP contribution in [0.25, 0.3) is 11.1 Å². The lowest BCUT2D eigenvalue weighted by Gasteiger charge is -2.21. The van der Waals surface area contributed by atoms with Gasteiger partial charge in [-0.1, -0.05) is 36.4 Å². The Balaban J connectivity index is 1.46. The number of para-hydroxylation sites is 2. The van der Waals surface area contributed by atoms with Crippen LogP contribution in [-0.4, -0.2) is 28.5 Å². The summed E-state index contributed by atoms with van der Waals surface area (Å²) in [6, 6.07) is 28.6. The highest BCUT2D eigenvalue weighted by molar-refractivity contribution is 7.92. The molecule has 0 fully saturated rings. The molecule has 0 saturated heterocycles. The molecule has 0 radical (unpaired) electrons. The molecule has 8 heteroatoms. The fourth-order valence-corrected chi connectivity index (χ4v) is 4.77. The molecule has 4 rings (SSSR count). The first kappa shape index (κ1) is 24.5. The van der Waals surface area contributed by atoms with Gasteiger partial charge in [0.05, 0.1) is 34.9 Å². The quantitative estimate of drug-likeness (QED) is 0.254. The number of benzene rings is 4. The van der Waals surface area contributed by atoms with E-state index >= 15 is 0 Å². The lowest BCUT2D eigenvalue weighted by Crippen LogP contribution is -2.27. The van der Waals surface area contributed by atoms with Gasteiger partial charge >= 0.3 is 5.97 Å². The van der Waals surface area contributed by atoms with E-state index in [2.05, 4.69) is 6.07 Å². The number of hydrogen-bond acceptors (Lipinski definition) is 6. The van der Waals surface area contributed by atoms with E-state index in [1.165, 1.54) is 38.4 Å². The summed E-state index contributed by atoms with van der Waals surface area (Å²) in [7, 11) is -0.964. The van der Waals surface area contributed by atoms with Gasteiger partial charge in [0, 0.05) is 7.05 Å². The van der Waals surface area contributed by atoms with Crippen LogP contribution in [0.5, 0.6) is 11.5 Å². The third-order valence-electron chi connectivity index (χ3n) is 5.59. The molecular formula is C28H22N2O5S. The van der Waals surface area contributed by atoms with Crippen LogP contribution in [0.15, 0.2) is 102 Å². The molecule has 7 nitrogen and oxygen atoms in total. The summed E-state index contributed by atoms with van der Waals surface area (Å²) in [5, 5.41) is 8.92. The van der Waals surface area contributed by atoms with Crippen molar-refractivity contribution in [1.29, 1.82) is 5.26 Å². The molecule has 0 aliphatic rings. The normalized spacial score (nSPS) is 10.8. The maximum atomic E-state index is 13.1. The third kappa shape index (κ3) is 5.06. The highest BCUT2D eigenvalue weighted by Gasteiger charge is 2.24. The molecule has 0 atom stereocenters. The smallest absolute Gasteiger partial charge is 0.343 e. The third-order valence-corrected chi connectivity index (χ3v) is 7.37. The minimum absolute atomic E-state index is 0.0271. The Morgan fingerprint density at radius 1 is 0.833 bits per heavy atom. The van der Waals surface area contributed by atoms with E-state index in [4.69, 9.17) is 14.7 Å². The fourth-order valence-electron chi connectivity index (χ4n) is 3.56. The van der Waals surface area contributed by atoms with Crippen LogP contribution in [0.2, 0.25) is 0 Å². The molecule has 0 aliphatic carbocycles. The summed E-state index contributed by atoms with van der Waals surface area (Å²) in [5.41, 5.74) is 3.03. The Kier molecular flexibility index (Phi) is 7.04. The van der Waals surface area contributed by atoms with Gasteiger partial charge < -0.3 is 9.47 Å². The van der Waals surface area contributed by atoms with Gasteiger partial charge in [0.2, 0.25) is 0 Å². The molecule has 0 aromatic heterocycles. The summed E-state index contributed by atoms with van der Waals surface area (Å²) in [6.07, 6.45) is 0. The first-order chi connectivity index (χ1) is 17.3. The molecule has 0 bridgehead atoms. The van der Waals surface area contributed by atoms with Gasteiger partial charge in [0.1, 0.15) is 11.5 Å². The zero-order chi connectivity index (χ0) is 25.7. The molecule has 0 amide bonds. The summed E-state index contributed by atoms with van der Waals surface area (Å²) in [6.45, 7) is 0. The topological polar surface area (TPSA) is 96.7 Å². The van der Waals surface area contributed by atoms with Gasteiger partial charge in [0.15, 0.2) is 0 Å². The van der Waals surface area contributed by atoms with Gasteiger partial charge in [-0.25, -0.2) is 13.2 Å². The van der Waals surface area contributed by atoms with Crippen molar-refractivity contribution in [2.75, 3.05) is 18.5 Å². The predicted octanol–water partition coefficient (Wildman–Crippen LogP) is 5.28. The van der Waals surface area contributed by atoms with Crippen LogP contribution in [0, 0.1) is 11.3 Å². The Bertz CT molecular complexity index is 1520. The number of hydrogen-bond donors (Lipinski definition) is 0. The number of carbonyl (C=O) groups is 1. The number of nitriles is 1. The summed E-state index contributed by atoms with van der Waals surface area (Å²) in [4.78, 5) is 12.6. The highest BCUT2D eigenvalue weighted by Crippen LogP contribution is 2.31. The molecule has 0 unspecified atom stereocenters. The Hall–Kier alpha value is -4.61. The molecule has 0 spiro atoms. The highest BCUT2D eigenvalue weighted by atomic mass is 32.2. The van der Waals surface area contributed by atoms with Crippen molar-refractivity contribution in [3.05, 3.63) is 108 Å². The van der Waals surface area contributed by atoms with E-state index in [-0.39, 0.29) is 10.5 Å². The van der Waals surface area contributed by atoms with Crippen LogP contribution in [0.4, 0.5) is 5.69 Å². The lowest BCUT2D eigenvalue weighted by molar-refractivity contribution is 0.0734. The number of methoxy groups -OCH3 is 1. The van der Waals surface area contributed by atoms with Gasteiger partial charge in [-0.15, -0.1) is 0 Å². The molecular weight excluding hydrogens is 476 g/mol. The Morgan fingerprint density at radius 3 is 2.00 bits per heavy atom. The van der Waals surface area contributed by atoms with Gasteiger partial charge in [-0.05, 0) is 71.8 Å². The van der Waals surface area contributed by atoms with E-state index in [1.807, 2.05) is 24.3 Å². The lowest BCUT2D eigenvalue weighted by atomic mass is 10.0. The zero-order valence-electron chi connectivity index (χ0n) is 19.6. The first-order valence-corrected chi connectivity index (χ1v) is 12.3.